The first-order chi connectivity index (χ1) is 6.35. The lowest BCUT2D eigenvalue weighted by Gasteiger charge is -2.16. The average Bonchev–Trinajstić information content (AvgIpc) is 2.13. The van der Waals surface area contributed by atoms with Crippen LogP contribution in [0.25, 0.3) is 0 Å². The molecular formula is C10H22NO2. The van der Waals surface area contributed by atoms with Crippen LogP contribution in [0.5, 0.6) is 0 Å². The van der Waals surface area contributed by atoms with Crippen LogP contribution < -0.4 is 5.32 Å². The van der Waals surface area contributed by atoms with E-state index in [1.54, 1.807) is 0 Å². The van der Waals surface area contributed by atoms with Crippen LogP contribution in [0, 0.1) is 0 Å². The molecule has 0 aliphatic carbocycles. The van der Waals surface area contributed by atoms with Gasteiger partial charge in [-0.2, -0.15) is 0 Å². The van der Waals surface area contributed by atoms with Crippen molar-refractivity contribution in [3.63, 3.8) is 0 Å². The molecule has 0 saturated heterocycles. The summed E-state index contributed by atoms with van der Waals surface area (Å²) in [6.07, 6.45) is 2.22. The number of hydrogen-bond donors (Lipinski definition) is 0. The van der Waals surface area contributed by atoms with E-state index < -0.39 is 0 Å². The molecule has 0 fully saturated rings. The third-order valence-electron chi connectivity index (χ3n) is 1.65. The Morgan fingerprint density at radius 1 is 1.08 bits per heavy atom. The third kappa shape index (κ3) is 8.22. The minimum Gasteiger partial charge on any atom is -0.352 e. The molecule has 0 atom stereocenters. The fourth-order valence-corrected chi connectivity index (χ4v) is 0.992. The second-order valence-electron chi connectivity index (χ2n) is 2.82. The first-order valence-electron chi connectivity index (χ1n) is 5.21. The molecular weight excluding hydrogens is 166 g/mol. The van der Waals surface area contributed by atoms with Gasteiger partial charge in [0.15, 0.2) is 6.29 Å². The number of ether oxygens (including phenoxy) is 2. The standard InChI is InChI=1S/C10H22NO2/c1-4-7-8-11-9-10(12-5-2)13-6-3/h10H,4-9H2,1-3H3. The van der Waals surface area contributed by atoms with Crippen molar-refractivity contribution in [2.75, 3.05) is 26.3 Å². The quantitative estimate of drug-likeness (QED) is 0.408. The predicted molar refractivity (Wildman–Crippen MR) is 53.8 cm³/mol. The van der Waals surface area contributed by atoms with Gasteiger partial charge in [0.25, 0.3) is 0 Å². The highest BCUT2D eigenvalue weighted by molar-refractivity contribution is 4.50. The van der Waals surface area contributed by atoms with E-state index in [0.717, 1.165) is 13.0 Å². The highest BCUT2D eigenvalue weighted by Crippen LogP contribution is 1.94. The molecule has 3 nitrogen and oxygen atoms in total. The number of hydrogen-bond acceptors (Lipinski definition) is 2. The Kier molecular flexibility index (Phi) is 9.87. The monoisotopic (exact) mass is 188 g/mol. The van der Waals surface area contributed by atoms with Gasteiger partial charge in [-0.25, -0.2) is 5.32 Å². The minimum atomic E-state index is -0.133. The average molecular weight is 188 g/mol. The lowest BCUT2D eigenvalue weighted by Crippen LogP contribution is -2.28. The van der Waals surface area contributed by atoms with Gasteiger partial charge in [0.1, 0.15) is 0 Å². The van der Waals surface area contributed by atoms with Gasteiger partial charge in [0.2, 0.25) is 0 Å². The fraction of sp³-hybridized carbons (Fsp3) is 1.00. The SMILES string of the molecule is CCCC[N]CC(OCC)OCC. The van der Waals surface area contributed by atoms with Crippen LogP contribution in [0.3, 0.4) is 0 Å². The van der Waals surface area contributed by atoms with Crippen molar-refractivity contribution in [1.82, 2.24) is 5.32 Å². The number of unbranched alkanes of at least 4 members (excludes halogenated alkanes) is 1. The molecule has 0 bridgehead atoms. The van der Waals surface area contributed by atoms with E-state index in [-0.39, 0.29) is 6.29 Å². The van der Waals surface area contributed by atoms with Crippen molar-refractivity contribution in [2.45, 2.75) is 39.9 Å². The van der Waals surface area contributed by atoms with Gasteiger partial charge in [0, 0.05) is 19.8 Å². The first kappa shape index (κ1) is 12.9. The minimum absolute atomic E-state index is 0.133. The molecule has 0 spiro atoms. The van der Waals surface area contributed by atoms with Crippen LogP contribution in [0.1, 0.15) is 33.6 Å². The highest BCUT2D eigenvalue weighted by atomic mass is 16.7. The summed E-state index contributed by atoms with van der Waals surface area (Å²) in [6.45, 7) is 9.07. The Labute approximate surface area is 81.8 Å². The van der Waals surface area contributed by atoms with Crippen LogP contribution in [0.4, 0.5) is 0 Å². The molecule has 0 N–H and O–H groups in total. The molecule has 0 aliphatic heterocycles. The predicted octanol–water partition coefficient (Wildman–Crippen LogP) is 1.79. The van der Waals surface area contributed by atoms with Crippen molar-refractivity contribution in [3.05, 3.63) is 0 Å². The van der Waals surface area contributed by atoms with Crippen molar-refractivity contribution in [3.8, 4) is 0 Å². The maximum absolute atomic E-state index is 5.35. The zero-order valence-corrected chi connectivity index (χ0v) is 9.08. The zero-order valence-electron chi connectivity index (χ0n) is 9.08. The van der Waals surface area contributed by atoms with Crippen LogP contribution in [-0.2, 0) is 9.47 Å². The van der Waals surface area contributed by atoms with E-state index in [9.17, 15) is 0 Å². The van der Waals surface area contributed by atoms with Crippen LogP contribution in [0.15, 0.2) is 0 Å². The molecule has 0 amide bonds. The van der Waals surface area contributed by atoms with Crippen molar-refractivity contribution >= 4 is 0 Å². The highest BCUT2D eigenvalue weighted by Gasteiger charge is 2.06. The summed E-state index contributed by atoms with van der Waals surface area (Å²) in [4.78, 5) is 0. The summed E-state index contributed by atoms with van der Waals surface area (Å²) in [5, 5.41) is 4.35. The molecule has 0 aliphatic rings. The van der Waals surface area contributed by atoms with E-state index in [0.29, 0.717) is 19.8 Å². The topological polar surface area (TPSA) is 32.6 Å². The Hall–Kier alpha value is -0.120. The molecule has 0 rings (SSSR count). The smallest absolute Gasteiger partial charge is 0.171 e. The lowest BCUT2D eigenvalue weighted by atomic mass is 10.3. The van der Waals surface area contributed by atoms with E-state index in [2.05, 4.69) is 12.2 Å². The van der Waals surface area contributed by atoms with Gasteiger partial charge in [0.05, 0.1) is 6.54 Å². The second-order valence-corrected chi connectivity index (χ2v) is 2.82. The van der Waals surface area contributed by atoms with Crippen LogP contribution >= 0.6 is 0 Å². The van der Waals surface area contributed by atoms with E-state index >= 15 is 0 Å². The first-order valence-corrected chi connectivity index (χ1v) is 5.21. The summed E-state index contributed by atoms with van der Waals surface area (Å²) in [5.74, 6) is 0. The maximum Gasteiger partial charge on any atom is 0.171 e. The Bertz CT molecular complexity index is 92.9. The third-order valence-corrected chi connectivity index (χ3v) is 1.65. The number of rotatable bonds is 9. The summed E-state index contributed by atoms with van der Waals surface area (Å²) in [7, 11) is 0. The van der Waals surface area contributed by atoms with E-state index in [1.807, 2.05) is 13.8 Å². The molecule has 0 aromatic heterocycles. The van der Waals surface area contributed by atoms with Crippen molar-refractivity contribution in [1.29, 1.82) is 0 Å². The molecule has 13 heavy (non-hydrogen) atoms. The van der Waals surface area contributed by atoms with Crippen molar-refractivity contribution < 1.29 is 9.47 Å². The molecule has 0 aromatic rings. The normalized spacial score (nSPS) is 11.1. The van der Waals surface area contributed by atoms with Gasteiger partial charge in [-0.1, -0.05) is 13.3 Å². The summed E-state index contributed by atoms with van der Waals surface area (Å²) in [5.41, 5.74) is 0. The molecule has 79 valence electrons. The van der Waals surface area contributed by atoms with Gasteiger partial charge in [-0.15, -0.1) is 0 Å². The van der Waals surface area contributed by atoms with Gasteiger partial charge in [-0.05, 0) is 20.3 Å². The number of nitrogens with zero attached hydrogens (tertiary/aromatic N) is 1. The second kappa shape index (κ2) is 9.96. The Balaban J connectivity index is 3.33. The van der Waals surface area contributed by atoms with E-state index in [1.165, 1.54) is 6.42 Å². The molecule has 0 aromatic carbocycles. The summed E-state index contributed by atoms with van der Waals surface area (Å²) >= 11 is 0. The molecule has 0 unspecified atom stereocenters. The van der Waals surface area contributed by atoms with Gasteiger partial charge >= 0.3 is 0 Å². The van der Waals surface area contributed by atoms with Crippen molar-refractivity contribution in [2.24, 2.45) is 0 Å². The molecule has 0 saturated carbocycles. The summed E-state index contributed by atoms with van der Waals surface area (Å²) < 4.78 is 10.7. The zero-order chi connectivity index (χ0) is 9.94. The largest absolute Gasteiger partial charge is 0.352 e. The van der Waals surface area contributed by atoms with Crippen LogP contribution in [-0.4, -0.2) is 32.6 Å². The fourth-order valence-electron chi connectivity index (χ4n) is 0.992. The summed E-state index contributed by atoms with van der Waals surface area (Å²) in [6, 6.07) is 0. The maximum atomic E-state index is 5.35. The Morgan fingerprint density at radius 3 is 2.15 bits per heavy atom. The molecule has 0 heterocycles. The van der Waals surface area contributed by atoms with Gasteiger partial charge < -0.3 is 9.47 Å². The van der Waals surface area contributed by atoms with Gasteiger partial charge in [-0.3, -0.25) is 0 Å². The molecule has 1 radical (unpaired) electrons. The molecule has 3 heteroatoms. The lowest BCUT2D eigenvalue weighted by molar-refractivity contribution is -0.133. The van der Waals surface area contributed by atoms with Crippen LogP contribution in [0.2, 0.25) is 0 Å². The Morgan fingerprint density at radius 2 is 1.69 bits per heavy atom. The van der Waals surface area contributed by atoms with E-state index in [4.69, 9.17) is 9.47 Å².